The van der Waals surface area contributed by atoms with Gasteiger partial charge in [-0.2, -0.15) is 28.4 Å². The zero-order valence-electron chi connectivity index (χ0n) is 18.1. The molecule has 0 bridgehead atoms. The van der Waals surface area contributed by atoms with E-state index in [4.69, 9.17) is 0 Å². The smallest absolute Gasteiger partial charge is 0.335 e. The van der Waals surface area contributed by atoms with Crippen molar-refractivity contribution in [3.8, 4) is 23.5 Å². The van der Waals surface area contributed by atoms with Gasteiger partial charge in [-0.3, -0.25) is 4.98 Å². The van der Waals surface area contributed by atoms with Gasteiger partial charge in [0.2, 0.25) is 10.0 Å². The van der Waals surface area contributed by atoms with E-state index in [9.17, 15) is 32.1 Å². The molecule has 0 radical (unpaired) electrons. The summed E-state index contributed by atoms with van der Waals surface area (Å²) in [6.45, 7) is 0.716. The number of hydrogen-bond donors (Lipinski definition) is 1. The Morgan fingerprint density at radius 3 is 2.41 bits per heavy atom. The average molecular weight is 488 g/mol. The summed E-state index contributed by atoms with van der Waals surface area (Å²) in [7, 11) is -4.46. The Morgan fingerprint density at radius 1 is 1.15 bits per heavy atom. The molecule has 1 aliphatic rings. The highest BCUT2D eigenvalue weighted by molar-refractivity contribution is 7.89. The number of benzene rings is 1. The highest BCUT2D eigenvalue weighted by Crippen LogP contribution is 2.41. The lowest BCUT2D eigenvalue weighted by molar-refractivity contribution is -0.147. The van der Waals surface area contributed by atoms with Crippen molar-refractivity contribution in [3.05, 3.63) is 47.7 Å². The first-order valence-corrected chi connectivity index (χ1v) is 12.1. The van der Waals surface area contributed by atoms with Crippen LogP contribution in [0, 0.1) is 22.7 Å². The summed E-state index contributed by atoms with van der Waals surface area (Å²) >= 11 is 0. The maximum atomic E-state index is 12.8. The number of nitrogens with zero attached hydrogens (tertiary/aromatic N) is 4. The van der Waals surface area contributed by atoms with E-state index < -0.39 is 27.1 Å². The molecule has 1 fully saturated rings. The van der Waals surface area contributed by atoms with Crippen LogP contribution in [-0.4, -0.2) is 30.2 Å². The summed E-state index contributed by atoms with van der Waals surface area (Å²) in [5, 5.41) is 19.9. The SMILES string of the molecule is CC(NS(=O)(=O)c1ccc(-c2c(C#N)c3cc(C#N)ccc3n2C2CCCC2)nc1)C(F)(F)F. The largest absolute Gasteiger partial charge is 0.404 e. The molecule has 1 N–H and O–H groups in total. The molecule has 1 atom stereocenters. The third kappa shape index (κ3) is 4.25. The van der Waals surface area contributed by atoms with E-state index in [1.165, 1.54) is 12.1 Å². The molecule has 4 rings (SSSR count). The van der Waals surface area contributed by atoms with Crippen molar-refractivity contribution in [2.24, 2.45) is 0 Å². The molecule has 3 aromatic rings. The number of nitrogens with one attached hydrogen (secondary N) is 1. The first-order valence-electron chi connectivity index (χ1n) is 10.6. The van der Waals surface area contributed by atoms with E-state index >= 15 is 0 Å². The summed E-state index contributed by atoms with van der Waals surface area (Å²) in [5.41, 5.74) is 2.31. The summed E-state index contributed by atoms with van der Waals surface area (Å²) in [5.74, 6) is 0. The van der Waals surface area contributed by atoms with Gasteiger partial charge in [-0.25, -0.2) is 8.42 Å². The number of alkyl halides is 3. The highest BCUT2D eigenvalue weighted by Gasteiger charge is 2.39. The van der Waals surface area contributed by atoms with E-state index in [1.54, 1.807) is 22.9 Å². The quantitative estimate of drug-likeness (QED) is 0.556. The zero-order chi connectivity index (χ0) is 24.7. The van der Waals surface area contributed by atoms with Crippen LogP contribution in [0.2, 0.25) is 0 Å². The van der Waals surface area contributed by atoms with Crippen LogP contribution in [0.15, 0.2) is 41.4 Å². The number of hydrogen-bond acceptors (Lipinski definition) is 5. The molecule has 1 unspecified atom stereocenters. The molecule has 0 spiro atoms. The Balaban J connectivity index is 1.83. The molecule has 176 valence electrons. The van der Waals surface area contributed by atoms with Crippen LogP contribution in [0.1, 0.15) is 49.8 Å². The Bertz CT molecular complexity index is 1420. The lowest BCUT2D eigenvalue weighted by Gasteiger charge is -2.19. The summed E-state index contributed by atoms with van der Waals surface area (Å²) < 4.78 is 66.9. The Hall–Kier alpha value is -3.41. The first kappa shape index (κ1) is 23.7. The molecule has 11 heteroatoms. The van der Waals surface area contributed by atoms with Crippen LogP contribution in [0.5, 0.6) is 0 Å². The number of rotatable bonds is 5. The minimum Gasteiger partial charge on any atom is -0.335 e. The number of aromatic nitrogens is 2. The van der Waals surface area contributed by atoms with Crippen molar-refractivity contribution in [1.82, 2.24) is 14.3 Å². The Kier molecular flexibility index (Phi) is 6.11. The van der Waals surface area contributed by atoms with Crippen molar-refractivity contribution in [3.63, 3.8) is 0 Å². The Labute approximate surface area is 194 Å². The van der Waals surface area contributed by atoms with Crippen LogP contribution < -0.4 is 4.72 Å². The molecule has 2 aromatic heterocycles. The van der Waals surface area contributed by atoms with Crippen molar-refractivity contribution in [2.45, 2.75) is 55.8 Å². The molecule has 0 amide bonds. The van der Waals surface area contributed by atoms with Crippen molar-refractivity contribution >= 4 is 20.9 Å². The van der Waals surface area contributed by atoms with Gasteiger partial charge in [0.05, 0.1) is 34.1 Å². The highest BCUT2D eigenvalue weighted by atomic mass is 32.2. The predicted octanol–water partition coefficient (Wildman–Crippen LogP) is 4.79. The predicted molar refractivity (Wildman–Crippen MR) is 118 cm³/mol. The molecule has 0 aliphatic heterocycles. The molecule has 2 heterocycles. The van der Waals surface area contributed by atoms with Crippen LogP contribution in [0.25, 0.3) is 22.3 Å². The average Bonchev–Trinajstić information content (AvgIpc) is 3.43. The summed E-state index contributed by atoms with van der Waals surface area (Å²) in [4.78, 5) is 3.81. The fourth-order valence-corrected chi connectivity index (χ4v) is 5.51. The second kappa shape index (κ2) is 8.75. The molecular formula is C23H20F3N5O2S. The normalized spacial score (nSPS) is 15.8. The van der Waals surface area contributed by atoms with E-state index in [-0.39, 0.29) is 6.04 Å². The third-order valence-electron chi connectivity index (χ3n) is 6.05. The van der Waals surface area contributed by atoms with Crippen molar-refractivity contribution in [2.75, 3.05) is 0 Å². The maximum Gasteiger partial charge on any atom is 0.404 e. The summed E-state index contributed by atoms with van der Waals surface area (Å²) in [6.07, 6.45) is 0.0951. The molecule has 1 aliphatic carbocycles. The first-order chi connectivity index (χ1) is 16.1. The van der Waals surface area contributed by atoms with Gasteiger partial charge in [-0.1, -0.05) is 12.8 Å². The van der Waals surface area contributed by atoms with E-state index in [2.05, 4.69) is 17.1 Å². The number of fused-ring (bicyclic) bond motifs is 1. The van der Waals surface area contributed by atoms with Gasteiger partial charge in [-0.15, -0.1) is 0 Å². The molecule has 1 aromatic carbocycles. The lowest BCUT2D eigenvalue weighted by Crippen LogP contribution is -2.42. The van der Waals surface area contributed by atoms with Gasteiger partial charge >= 0.3 is 6.18 Å². The van der Waals surface area contributed by atoms with Crippen LogP contribution in [0.3, 0.4) is 0 Å². The van der Waals surface area contributed by atoms with Gasteiger partial charge in [0.25, 0.3) is 0 Å². The van der Waals surface area contributed by atoms with Crippen molar-refractivity contribution in [1.29, 1.82) is 10.5 Å². The van der Waals surface area contributed by atoms with Gasteiger partial charge in [0.15, 0.2) is 0 Å². The van der Waals surface area contributed by atoms with E-state index in [0.717, 1.165) is 37.4 Å². The van der Waals surface area contributed by atoms with Crippen LogP contribution in [0.4, 0.5) is 13.2 Å². The summed E-state index contributed by atoms with van der Waals surface area (Å²) in [6, 6.07) is 9.77. The van der Waals surface area contributed by atoms with E-state index in [0.29, 0.717) is 34.8 Å². The molecule has 7 nitrogen and oxygen atoms in total. The lowest BCUT2D eigenvalue weighted by atomic mass is 10.1. The van der Waals surface area contributed by atoms with Crippen molar-refractivity contribution < 1.29 is 21.6 Å². The number of sulfonamides is 1. The number of pyridine rings is 1. The fourth-order valence-electron chi connectivity index (χ4n) is 4.34. The van der Waals surface area contributed by atoms with Gasteiger partial charge in [0, 0.05) is 17.6 Å². The topological polar surface area (TPSA) is 112 Å². The van der Waals surface area contributed by atoms with Crippen LogP contribution in [-0.2, 0) is 10.0 Å². The zero-order valence-corrected chi connectivity index (χ0v) is 18.9. The van der Waals surface area contributed by atoms with Gasteiger partial charge < -0.3 is 4.57 Å². The van der Waals surface area contributed by atoms with E-state index in [1.807, 2.05) is 4.57 Å². The fraction of sp³-hybridized carbons (Fsp3) is 0.348. The second-order valence-corrected chi connectivity index (χ2v) is 9.97. The minimum absolute atomic E-state index is 0.104. The molecule has 0 saturated heterocycles. The molecular weight excluding hydrogens is 467 g/mol. The van der Waals surface area contributed by atoms with Gasteiger partial charge in [0.1, 0.15) is 17.0 Å². The minimum atomic E-state index is -4.73. The second-order valence-electron chi connectivity index (χ2n) is 8.25. The third-order valence-corrected chi connectivity index (χ3v) is 7.57. The number of nitriles is 2. The monoisotopic (exact) mass is 487 g/mol. The number of halogens is 3. The molecule has 34 heavy (non-hydrogen) atoms. The maximum absolute atomic E-state index is 12.8. The van der Waals surface area contributed by atoms with Gasteiger partial charge in [-0.05, 0) is 50.1 Å². The Morgan fingerprint density at radius 2 is 1.85 bits per heavy atom. The molecule has 1 saturated carbocycles. The van der Waals surface area contributed by atoms with Crippen LogP contribution >= 0.6 is 0 Å². The standard InChI is InChI=1S/C23H20F3N5O2S/c1-14(23(24,25)26)30-34(32,33)17-7-8-20(29-13-17)22-19(12-28)18-10-15(11-27)6-9-21(18)31(22)16-4-2-3-5-16/h6-10,13-14,16,30H,2-5H2,1H3.